The SMILES string of the molecule is CC(c1ccccc1O)N1CCC(N2CCCC2)C1. The lowest BCUT2D eigenvalue weighted by Crippen LogP contribution is -2.35. The van der Waals surface area contributed by atoms with Gasteiger partial charge in [-0.25, -0.2) is 0 Å². The minimum atomic E-state index is 0.314. The van der Waals surface area contributed by atoms with E-state index in [9.17, 15) is 5.11 Å². The second-order valence-electron chi connectivity index (χ2n) is 5.92. The van der Waals surface area contributed by atoms with Crippen molar-refractivity contribution in [2.24, 2.45) is 0 Å². The standard InChI is InChI=1S/C16H24N2O/c1-13(15-6-2-3-7-16(15)19)18-11-8-14(12-18)17-9-4-5-10-17/h2-3,6-7,13-14,19H,4-5,8-12H2,1H3. The molecule has 19 heavy (non-hydrogen) atoms. The van der Waals surface area contributed by atoms with Crippen molar-refractivity contribution >= 4 is 0 Å². The van der Waals surface area contributed by atoms with Gasteiger partial charge in [0, 0.05) is 30.7 Å². The average molecular weight is 260 g/mol. The minimum Gasteiger partial charge on any atom is -0.508 e. The Kier molecular flexibility index (Phi) is 3.76. The van der Waals surface area contributed by atoms with Gasteiger partial charge in [-0.1, -0.05) is 18.2 Å². The molecular weight excluding hydrogens is 236 g/mol. The van der Waals surface area contributed by atoms with Crippen LogP contribution >= 0.6 is 0 Å². The molecule has 0 saturated carbocycles. The molecule has 3 nitrogen and oxygen atoms in total. The fourth-order valence-electron chi connectivity index (χ4n) is 3.56. The first-order chi connectivity index (χ1) is 9.25. The van der Waals surface area contributed by atoms with E-state index in [1.165, 1.54) is 32.4 Å². The number of hydrogen-bond donors (Lipinski definition) is 1. The van der Waals surface area contributed by atoms with Crippen LogP contribution < -0.4 is 0 Å². The van der Waals surface area contributed by atoms with E-state index in [-0.39, 0.29) is 0 Å². The summed E-state index contributed by atoms with van der Waals surface area (Å²) in [6, 6.07) is 8.79. The van der Waals surface area contributed by atoms with Crippen molar-refractivity contribution in [2.75, 3.05) is 26.2 Å². The molecule has 104 valence electrons. The van der Waals surface area contributed by atoms with Gasteiger partial charge in [-0.15, -0.1) is 0 Å². The van der Waals surface area contributed by atoms with Crippen molar-refractivity contribution in [2.45, 2.75) is 38.3 Å². The van der Waals surface area contributed by atoms with E-state index in [1.807, 2.05) is 18.2 Å². The summed E-state index contributed by atoms with van der Waals surface area (Å²) in [5.74, 6) is 0.430. The summed E-state index contributed by atoms with van der Waals surface area (Å²) >= 11 is 0. The zero-order valence-corrected chi connectivity index (χ0v) is 11.8. The van der Waals surface area contributed by atoms with E-state index in [1.54, 1.807) is 6.07 Å². The molecule has 0 aromatic heterocycles. The van der Waals surface area contributed by atoms with Crippen LogP contribution in [0.4, 0.5) is 0 Å². The third-order valence-corrected chi connectivity index (χ3v) is 4.79. The third-order valence-electron chi connectivity index (χ3n) is 4.79. The van der Waals surface area contributed by atoms with E-state index in [2.05, 4.69) is 16.7 Å². The molecule has 3 heteroatoms. The molecule has 2 aliphatic rings. The van der Waals surface area contributed by atoms with Crippen LogP contribution in [0.1, 0.15) is 37.8 Å². The number of benzene rings is 1. The zero-order chi connectivity index (χ0) is 13.2. The summed E-state index contributed by atoms with van der Waals surface area (Å²) < 4.78 is 0. The van der Waals surface area contributed by atoms with Gasteiger partial charge >= 0.3 is 0 Å². The van der Waals surface area contributed by atoms with Crippen LogP contribution in [0.3, 0.4) is 0 Å². The number of rotatable bonds is 3. The molecule has 2 heterocycles. The van der Waals surface area contributed by atoms with E-state index in [0.29, 0.717) is 11.8 Å². The van der Waals surface area contributed by atoms with Crippen LogP contribution in [0.25, 0.3) is 0 Å². The van der Waals surface area contributed by atoms with Crippen LogP contribution in [-0.4, -0.2) is 47.1 Å². The Bertz CT molecular complexity index is 429. The first-order valence-electron chi connectivity index (χ1n) is 7.51. The smallest absolute Gasteiger partial charge is 0.120 e. The second kappa shape index (κ2) is 5.51. The van der Waals surface area contributed by atoms with Crippen molar-refractivity contribution in [3.05, 3.63) is 29.8 Å². The number of likely N-dealkylation sites (tertiary alicyclic amines) is 2. The fourth-order valence-corrected chi connectivity index (χ4v) is 3.56. The number of phenols is 1. The molecule has 2 atom stereocenters. The largest absolute Gasteiger partial charge is 0.508 e. The highest BCUT2D eigenvalue weighted by molar-refractivity contribution is 5.34. The van der Waals surface area contributed by atoms with E-state index in [0.717, 1.165) is 24.7 Å². The topological polar surface area (TPSA) is 26.7 Å². The molecule has 0 spiro atoms. The Morgan fingerprint density at radius 1 is 1.16 bits per heavy atom. The monoisotopic (exact) mass is 260 g/mol. The van der Waals surface area contributed by atoms with Crippen molar-refractivity contribution < 1.29 is 5.11 Å². The maximum Gasteiger partial charge on any atom is 0.120 e. The van der Waals surface area contributed by atoms with Gasteiger partial charge < -0.3 is 5.11 Å². The molecule has 1 aromatic rings. The van der Waals surface area contributed by atoms with Crippen molar-refractivity contribution in [1.29, 1.82) is 0 Å². The summed E-state index contributed by atoms with van der Waals surface area (Å²) in [5, 5.41) is 9.98. The lowest BCUT2D eigenvalue weighted by molar-refractivity contribution is 0.206. The molecule has 0 amide bonds. The van der Waals surface area contributed by atoms with Gasteiger partial charge in [-0.05, 0) is 45.3 Å². The summed E-state index contributed by atoms with van der Waals surface area (Å²) in [4.78, 5) is 5.16. The minimum absolute atomic E-state index is 0.314. The predicted molar refractivity (Wildman–Crippen MR) is 77.3 cm³/mol. The first-order valence-corrected chi connectivity index (χ1v) is 7.51. The Labute approximate surface area is 115 Å². The van der Waals surface area contributed by atoms with Gasteiger partial charge in [0.2, 0.25) is 0 Å². The Balaban J connectivity index is 1.65. The number of hydrogen-bond acceptors (Lipinski definition) is 3. The van der Waals surface area contributed by atoms with Gasteiger partial charge in [0.1, 0.15) is 5.75 Å². The highest BCUT2D eigenvalue weighted by atomic mass is 16.3. The molecule has 0 bridgehead atoms. The summed E-state index contributed by atoms with van der Waals surface area (Å²) in [6.45, 7) is 7.07. The summed E-state index contributed by atoms with van der Waals surface area (Å²) in [6.07, 6.45) is 4.01. The quantitative estimate of drug-likeness (QED) is 0.905. The maximum absolute atomic E-state index is 9.98. The van der Waals surface area contributed by atoms with Crippen molar-refractivity contribution in [1.82, 2.24) is 9.80 Å². The Morgan fingerprint density at radius 2 is 1.89 bits per heavy atom. The van der Waals surface area contributed by atoms with Gasteiger partial charge in [-0.2, -0.15) is 0 Å². The highest BCUT2D eigenvalue weighted by Gasteiger charge is 2.32. The van der Waals surface area contributed by atoms with Crippen LogP contribution in [0.5, 0.6) is 5.75 Å². The predicted octanol–water partition coefficient (Wildman–Crippen LogP) is 2.62. The van der Waals surface area contributed by atoms with Gasteiger partial charge in [0.15, 0.2) is 0 Å². The molecule has 0 radical (unpaired) electrons. The molecule has 1 aromatic carbocycles. The first kappa shape index (κ1) is 12.9. The number of aromatic hydroxyl groups is 1. The lowest BCUT2D eigenvalue weighted by Gasteiger charge is -2.27. The summed E-state index contributed by atoms with van der Waals surface area (Å²) in [5.41, 5.74) is 1.06. The van der Waals surface area contributed by atoms with Gasteiger partial charge in [0.25, 0.3) is 0 Å². The average Bonchev–Trinajstić information content (AvgIpc) is 3.09. The van der Waals surface area contributed by atoms with Crippen LogP contribution in [0.15, 0.2) is 24.3 Å². The van der Waals surface area contributed by atoms with E-state index in [4.69, 9.17) is 0 Å². The normalized spacial score (nSPS) is 26.9. The number of para-hydroxylation sites is 1. The Morgan fingerprint density at radius 3 is 2.63 bits per heavy atom. The van der Waals surface area contributed by atoms with Crippen LogP contribution in [0, 0.1) is 0 Å². The molecule has 2 saturated heterocycles. The van der Waals surface area contributed by atoms with E-state index >= 15 is 0 Å². The Hall–Kier alpha value is -1.06. The van der Waals surface area contributed by atoms with Crippen LogP contribution in [-0.2, 0) is 0 Å². The zero-order valence-electron chi connectivity index (χ0n) is 11.8. The van der Waals surface area contributed by atoms with Crippen molar-refractivity contribution in [3.63, 3.8) is 0 Å². The molecule has 1 N–H and O–H groups in total. The highest BCUT2D eigenvalue weighted by Crippen LogP contribution is 2.32. The van der Waals surface area contributed by atoms with Crippen LogP contribution in [0.2, 0.25) is 0 Å². The number of nitrogens with zero attached hydrogens (tertiary/aromatic N) is 2. The summed E-state index contributed by atoms with van der Waals surface area (Å²) in [7, 11) is 0. The molecule has 3 rings (SSSR count). The van der Waals surface area contributed by atoms with Gasteiger partial charge in [-0.3, -0.25) is 9.80 Å². The molecule has 2 aliphatic heterocycles. The number of phenolic OH excluding ortho intramolecular Hbond substituents is 1. The second-order valence-corrected chi connectivity index (χ2v) is 5.92. The van der Waals surface area contributed by atoms with Crippen molar-refractivity contribution in [3.8, 4) is 5.75 Å². The molecule has 2 unspecified atom stereocenters. The van der Waals surface area contributed by atoms with E-state index < -0.39 is 0 Å². The fraction of sp³-hybridized carbons (Fsp3) is 0.625. The molecule has 2 fully saturated rings. The third kappa shape index (κ3) is 2.63. The van der Waals surface area contributed by atoms with Gasteiger partial charge in [0.05, 0.1) is 0 Å². The molecular formula is C16H24N2O. The maximum atomic E-state index is 9.98. The lowest BCUT2D eigenvalue weighted by atomic mass is 10.1. The molecule has 0 aliphatic carbocycles.